The van der Waals surface area contributed by atoms with Crippen LogP contribution in [0, 0.1) is 0 Å². The molecular formula is C17H20N2O2S. The number of nitrogens with one attached hydrogen (secondary N) is 1. The fraction of sp³-hybridized carbons (Fsp3) is 0.353. The van der Waals surface area contributed by atoms with Gasteiger partial charge in [0.15, 0.2) is 0 Å². The normalized spacial score (nSPS) is 19.0. The SMILES string of the molecule is O=C(C[C@@H]1CN(Cc2ccccc2)CCO1)Nc1ccsc1. The highest BCUT2D eigenvalue weighted by molar-refractivity contribution is 7.08. The van der Waals surface area contributed by atoms with E-state index in [1.54, 1.807) is 11.3 Å². The standard InChI is InChI=1S/C17H20N2O2S/c20-17(18-15-6-9-22-13-15)10-16-12-19(7-8-21-16)11-14-4-2-1-3-5-14/h1-6,9,13,16H,7-8,10-12H2,(H,18,20)/t16-/m1/s1. The predicted octanol–water partition coefficient (Wildman–Crippen LogP) is 2.98. The first kappa shape index (κ1) is 15.2. The van der Waals surface area contributed by atoms with E-state index in [1.807, 2.05) is 22.9 Å². The molecule has 3 rings (SSSR count). The van der Waals surface area contributed by atoms with E-state index in [0.717, 1.165) is 25.3 Å². The quantitative estimate of drug-likeness (QED) is 0.922. The smallest absolute Gasteiger partial charge is 0.227 e. The minimum absolute atomic E-state index is 0.0185. The van der Waals surface area contributed by atoms with E-state index in [4.69, 9.17) is 4.74 Å². The van der Waals surface area contributed by atoms with Crippen LogP contribution in [0.1, 0.15) is 12.0 Å². The summed E-state index contributed by atoms with van der Waals surface area (Å²) < 4.78 is 5.74. The highest BCUT2D eigenvalue weighted by Gasteiger charge is 2.23. The van der Waals surface area contributed by atoms with Gasteiger partial charge in [0.25, 0.3) is 0 Å². The Balaban J connectivity index is 1.49. The summed E-state index contributed by atoms with van der Waals surface area (Å²) in [5.41, 5.74) is 2.16. The van der Waals surface area contributed by atoms with Crippen LogP contribution < -0.4 is 5.32 Å². The van der Waals surface area contributed by atoms with Gasteiger partial charge in [0.1, 0.15) is 0 Å². The Kier molecular flexibility index (Phi) is 5.21. The summed E-state index contributed by atoms with van der Waals surface area (Å²) in [5, 5.41) is 6.79. The van der Waals surface area contributed by atoms with Gasteiger partial charge in [0, 0.05) is 25.0 Å². The number of anilines is 1. The molecule has 1 fully saturated rings. The first-order chi connectivity index (χ1) is 10.8. The number of nitrogens with zero attached hydrogens (tertiary/aromatic N) is 1. The van der Waals surface area contributed by atoms with Crippen molar-refractivity contribution in [3.63, 3.8) is 0 Å². The van der Waals surface area contributed by atoms with Gasteiger partial charge in [-0.1, -0.05) is 30.3 Å². The van der Waals surface area contributed by atoms with Gasteiger partial charge in [-0.25, -0.2) is 0 Å². The van der Waals surface area contributed by atoms with Crippen molar-refractivity contribution in [1.82, 2.24) is 4.90 Å². The number of thiophene rings is 1. The lowest BCUT2D eigenvalue weighted by atomic mass is 10.1. The predicted molar refractivity (Wildman–Crippen MR) is 89.0 cm³/mol. The van der Waals surface area contributed by atoms with Crippen LogP contribution >= 0.6 is 11.3 Å². The topological polar surface area (TPSA) is 41.6 Å². The lowest BCUT2D eigenvalue weighted by molar-refractivity contribution is -0.121. The van der Waals surface area contributed by atoms with Crippen LogP contribution in [0.25, 0.3) is 0 Å². The fourth-order valence-corrected chi connectivity index (χ4v) is 3.23. The second-order valence-electron chi connectivity index (χ2n) is 5.48. The highest BCUT2D eigenvalue weighted by Crippen LogP contribution is 2.15. The Morgan fingerprint density at radius 3 is 2.95 bits per heavy atom. The third-order valence-corrected chi connectivity index (χ3v) is 4.37. The molecule has 4 nitrogen and oxygen atoms in total. The molecule has 1 aliphatic heterocycles. The van der Waals surface area contributed by atoms with Crippen LogP contribution in [0.3, 0.4) is 0 Å². The second kappa shape index (κ2) is 7.54. The Morgan fingerprint density at radius 2 is 2.18 bits per heavy atom. The van der Waals surface area contributed by atoms with E-state index in [-0.39, 0.29) is 12.0 Å². The number of amides is 1. The van der Waals surface area contributed by atoms with E-state index in [9.17, 15) is 4.79 Å². The van der Waals surface area contributed by atoms with E-state index in [0.29, 0.717) is 13.0 Å². The number of carbonyl (C=O) groups is 1. The second-order valence-corrected chi connectivity index (χ2v) is 6.26. The van der Waals surface area contributed by atoms with Crippen LogP contribution in [-0.4, -0.2) is 36.6 Å². The molecule has 1 amide bonds. The molecule has 1 atom stereocenters. The minimum Gasteiger partial charge on any atom is -0.375 e. The molecule has 1 aliphatic rings. The molecule has 0 radical (unpaired) electrons. The van der Waals surface area contributed by atoms with Crippen molar-refractivity contribution < 1.29 is 9.53 Å². The van der Waals surface area contributed by atoms with Crippen molar-refractivity contribution in [2.75, 3.05) is 25.0 Å². The van der Waals surface area contributed by atoms with Gasteiger partial charge in [0.2, 0.25) is 5.91 Å². The number of hydrogen-bond donors (Lipinski definition) is 1. The van der Waals surface area contributed by atoms with E-state index in [1.165, 1.54) is 5.56 Å². The summed E-state index contributed by atoms with van der Waals surface area (Å²) in [4.78, 5) is 14.4. The number of carbonyl (C=O) groups excluding carboxylic acids is 1. The molecule has 22 heavy (non-hydrogen) atoms. The summed E-state index contributed by atoms with van der Waals surface area (Å²) in [7, 11) is 0. The molecule has 0 bridgehead atoms. The zero-order valence-electron chi connectivity index (χ0n) is 12.4. The number of morpholine rings is 1. The van der Waals surface area contributed by atoms with Crippen LogP contribution in [-0.2, 0) is 16.1 Å². The first-order valence-electron chi connectivity index (χ1n) is 7.49. The summed E-state index contributed by atoms with van der Waals surface area (Å²) in [5.74, 6) is 0.0185. The van der Waals surface area contributed by atoms with Crippen molar-refractivity contribution in [2.45, 2.75) is 19.1 Å². The van der Waals surface area contributed by atoms with Crippen LogP contribution in [0.5, 0.6) is 0 Å². The molecule has 0 spiro atoms. The zero-order chi connectivity index (χ0) is 15.2. The Labute approximate surface area is 134 Å². The average molecular weight is 316 g/mol. The van der Waals surface area contributed by atoms with E-state index in [2.05, 4.69) is 34.5 Å². The maximum atomic E-state index is 12.0. The van der Waals surface area contributed by atoms with Crippen molar-refractivity contribution in [3.8, 4) is 0 Å². The summed E-state index contributed by atoms with van der Waals surface area (Å²) >= 11 is 1.58. The van der Waals surface area contributed by atoms with Crippen LogP contribution in [0.4, 0.5) is 5.69 Å². The third-order valence-electron chi connectivity index (χ3n) is 3.69. The molecule has 0 aliphatic carbocycles. The fourth-order valence-electron chi connectivity index (χ4n) is 2.64. The van der Waals surface area contributed by atoms with Crippen molar-refractivity contribution in [3.05, 3.63) is 52.7 Å². The van der Waals surface area contributed by atoms with Gasteiger partial charge in [-0.2, -0.15) is 11.3 Å². The van der Waals surface area contributed by atoms with Gasteiger partial charge in [0.05, 0.1) is 24.8 Å². The summed E-state index contributed by atoms with van der Waals surface area (Å²) in [6, 6.07) is 12.3. The molecule has 1 N–H and O–H groups in total. The molecule has 1 saturated heterocycles. The zero-order valence-corrected chi connectivity index (χ0v) is 13.2. The highest BCUT2D eigenvalue weighted by atomic mass is 32.1. The molecule has 2 heterocycles. The maximum Gasteiger partial charge on any atom is 0.227 e. The van der Waals surface area contributed by atoms with E-state index < -0.39 is 0 Å². The maximum absolute atomic E-state index is 12.0. The van der Waals surface area contributed by atoms with Gasteiger partial charge in [-0.05, 0) is 17.0 Å². The number of benzene rings is 1. The van der Waals surface area contributed by atoms with Gasteiger partial charge >= 0.3 is 0 Å². The molecular weight excluding hydrogens is 296 g/mol. The summed E-state index contributed by atoms with van der Waals surface area (Å²) in [6.45, 7) is 3.31. The number of hydrogen-bond acceptors (Lipinski definition) is 4. The summed E-state index contributed by atoms with van der Waals surface area (Å²) in [6.07, 6.45) is 0.373. The molecule has 1 aromatic heterocycles. The molecule has 1 aromatic carbocycles. The Morgan fingerprint density at radius 1 is 1.32 bits per heavy atom. The van der Waals surface area contributed by atoms with Crippen LogP contribution in [0.2, 0.25) is 0 Å². The first-order valence-corrected chi connectivity index (χ1v) is 8.44. The molecule has 116 valence electrons. The van der Waals surface area contributed by atoms with Crippen molar-refractivity contribution in [2.24, 2.45) is 0 Å². The Bertz CT molecular complexity index is 586. The lowest BCUT2D eigenvalue weighted by Crippen LogP contribution is -2.43. The molecule has 0 unspecified atom stereocenters. The van der Waals surface area contributed by atoms with Gasteiger partial charge in [-0.3, -0.25) is 9.69 Å². The van der Waals surface area contributed by atoms with E-state index >= 15 is 0 Å². The lowest BCUT2D eigenvalue weighted by Gasteiger charge is -2.32. The third kappa shape index (κ3) is 4.40. The van der Waals surface area contributed by atoms with Crippen LogP contribution in [0.15, 0.2) is 47.2 Å². The average Bonchev–Trinajstić information content (AvgIpc) is 3.01. The van der Waals surface area contributed by atoms with Crippen molar-refractivity contribution >= 4 is 22.9 Å². The number of ether oxygens (including phenoxy) is 1. The monoisotopic (exact) mass is 316 g/mol. The van der Waals surface area contributed by atoms with Gasteiger partial charge < -0.3 is 10.1 Å². The molecule has 2 aromatic rings. The van der Waals surface area contributed by atoms with Gasteiger partial charge in [-0.15, -0.1) is 0 Å². The minimum atomic E-state index is -0.0314. The Hall–Kier alpha value is -1.69. The molecule has 5 heteroatoms. The number of rotatable bonds is 5. The molecule has 0 saturated carbocycles. The van der Waals surface area contributed by atoms with Crippen molar-refractivity contribution in [1.29, 1.82) is 0 Å². The largest absolute Gasteiger partial charge is 0.375 e.